The first-order valence-electron chi connectivity index (χ1n) is 7.87. The minimum atomic E-state index is 0.568. The van der Waals surface area contributed by atoms with E-state index >= 15 is 0 Å². The molecule has 0 saturated carbocycles. The van der Waals surface area contributed by atoms with E-state index in [4.69, 9.17) is 0 Å². The maximum atomic E-state index is 4.62. The number of aryl methyl sites for hydroxylation is 2. The van der Waals surface area contributed by atoms with Gasteiger partial charge in [0.15, 0.2) is 0 Å². The Hall–Kier alpha value is -1.68. The predicted molar refractivity (Wildman–Crippen MR) is 84.0 cm³/mol. The van der Waals surface area contributed by atoms with Gasteiger partial charge in [0.1, 0.15) is 0 Å². The zero-order valence-electron chi connectivity index (χ0n) is 13.0. The van der Waals surface area contributed by atoms with Crippen LogP contribution in [0.15, 0.2) is 30.5 Å². The number of hydrogen-bond acceptors (Lipinski definition) is 3. The lowest BCUT2D eigenvalue weighted by atomic mass is 10.0. The van der Waals surface area contributed by atoms with Crippen molar-refractivity contribution < 1.29 is 0 Å². The number of rotatable bonds is 4. The third kappa shape index (κ3) is 3.50. The van der Waals surface area contributed by atoms with Crippen molar-refractivity contribution in [3.05, 3.63) is 47.5 Å². The number of likely N-dealkylation sites (tertiary alicyclic amines) is 1. The molecule has 0 N–H and O–H groups in total. The van der Waals surface area contributed by atoms with Crippen LogP contribution >= 0.6 is 0 Å². The van der Waals surface area contributed by atoms with Gasteiger partial charge in [-0.05, 0) is 51.4 Å². The Balaban J connectivity index is 1.71. The molecular formula is C17H24N4. The Labute approximate surface area is 126 Å². The molecule has 2 aromatic heterocycles. The lowest BCUT2D eigenvalue weighted by Crippen LogP contribution is -2.42. The molecule has 2 aromatic rings. The van der Waals surface area contributed by atoms with Gasteiger partial charge in [0.25, 0.3) is 0 Å². The van der Waals surface area contributed by atoms with Crippen molar-refractivity contribution in [1.82, 2.24) is 19.7 Å². The SMILES string of the molecule is Cc1cc(C)n(C[C@H]2CCCCN2Cc2ccccn2)n1. The van der Waals surface area contributed by atoms with E-state index in [0.717, 1.165) is 24.5 Å². The molecule has 0 unspecified atom stereocenters. The molecule has 3 rings (SSSR count). The first-order valence-corrected chi connectivity index (χ1v) is 7.87. The molecule has 1 fully saturated rings. The second-order valence-electron chi connectivity index (χ2n) is 6.05. The standard InChI is InChI=1S/C17H24N4/c1-14-11-15(2)21(19-14)13-17-8-4-6-10-20(17)12-16-7-3-5-9-18-16/h3,5,7,9,11,17H,4,6,8,10,12-13H2,1-2H3/t17-/m1/s1. The van der Waals surface area contributed by atoms with Gasteiger partial charge in [0.2, 0.25) is 0 Å². The molecule has 0 aliphatic carbocycles. The smallest absolute Gasteiger partial charge is 0.0596 e. The minimum Gasteiger partial charge on any atom is -0.293 e. The third-order valence-electron chi connectivity index (χ3n) is 4.33. The van der Waals surface area contributed by atoms with Gasteiger partial charge < -0.3 is 0 Å². The van der Waals surface area contributed by atoms with Gasteiger partial charge in [0, 0.05) is 24.5 Å². The van der Waals surface area contributed by atoms with Crippen LogP contribution in [0.2, 0.25) is 0 Å². The van der Waals surface area contributed by atoms with E-state index in [1.807, 2.05) is 12.3 Å². The summed E-state index contributed by atoms with van der Waals surface area (Å²) < 4.78 is 2.16. The number of piperidine rings is 1. The Morgan fingerprint density at radius 1 is 1.24 bits per heavy atom. The van der Waals surface area contributed by atoms with Crippen LogP contribution in [0.3, 0.4) is 0 Å². The molecule has 0 bridgehead atoms. The molecular weight excluding hydrogens is 260 g/mol. The van der Waals surface area contributed by atoms with Crippen molar-refractivity contribution in [1.29, 1.82) is 0 Å². The quantitative estimate of drug-likeness (QED) is 0.865. The van der Waals surface area contributed by atoms with Crippen LogP contribution in [0.4, 0.5) is 0 Å². The summed E-state index contributed by atoms with van der Waals surface area (Å²) in [6, 6.07) is 8.90. The lowest BCUT2D eigenvalue weighted by molar-refractivity contribution is 0.120. The minimum absolute atomic E-state index is 0.568. The molecule has 21 heavy (non-hydrogen) atoms. The summed E-state index contributed by atoms with van der Waals surface area (Å²) in [5.74, 6) is 0. The molecule has 3 heterocycles. The van der Waals surface area contributed by atoms with Gasteiger partial charge in [-0.25, -0.2) is 0 Å². The van der Waals surface area contributed by atoms with Crippen LogP contribution in [0.5, 0.6) is 0 Å². The van der Waals surface area contributed by atoms with E-state index in [2.05, 4.69) is 51.7 Å². The first kappa shape index (κ1) is 14.3. The van der Waals surface area contributed by atoms with Crippen molar-refractivity contribution in [3.8, 4) is 0 Å². The highest BCUT2D eigenvalue weighted by molar-refractivity contribution is 5.07. The van der Waals surface area contributed by atoms with Gasteiger partial charge in [0.05, 0.1) is 17.9 Å². The van der Waals surface area contributed by atoms with E-state index in [1.54, 1.807) is 0 Å². The lowest BCUT2D eigenvalue weighted by Gasteiger charge is -2.35. The fraction of sp³-hybridized carbons (Fsp3) is 0.529. The summed E-state index contributed by atoms with van der Waals surface area (Å²) in [5, 5.41) is 4.62. The second kappa shape index (κ2) is 6.39. The Bertz CT molecular complexity index is 576. The molecule has 0 amide bonds. The number of hydrogen-bond donors (Lipinski definition) is 0. The highest BCUT2D eigenvalue weighted by Crippen LogP contribution is 2.21. The molecule has 0 radical (unpaired) electrons. The van der Waals surface area contributed by atoms with E-state index in [1.165, 1.54) is 31.5 Å². The van der Waals surface area contributed by atoms with Crippen LogP contribution in [0, 0.1) is 13.8 Å². The highest BCUT2D eigenvalue weighted by atomic mass is 15.3. The summed E-state index contributed by atoms with van der Waals surface area (Å²) in [4.78, 5) is 7.04. The second-order valence-corrected chi connectivity index (χ2v) is 6.05. The van der Waals surface area contributed by atoms with Crippen LogP contribution in [-0.4, -0.2) is 32.3 Å². The number of pyridine rings is 1. The first-order chi connectivity index (χ1) is 10.2. The normalized spacial score (nSPS) is 19.8. The van der Waals surface area contributed by atoms with Crippen LogP contribution in [0.1, 0.15) is 36.3 Å². The van der Waals surface area contributed by atoms with Crippen LogP contribution < -0.4 is 0 Å². The van der Waals surface area contributed by atoms with Crippen LogP contribution in [0.25, 0.3) is 0 Å². The van der Waals surface area contributed by atoms with Gasteiger partial charge >= 0.3 is 0 Å². The number of nitrogens with zero attached hydrogens (tertiary/aromatic N) is 4. The van der Waals surface area contributed by atoms with Crippen molar-refractivity contribution in [2.75, 3.05) is 6.54 Å². The van der Waals surface area contributed by atoms with Crippen molar-refractivity contribution >= 4 is 0 Å². The molecule has 1 aliphatic rings. The molecule has 4 heteroatoms. The average Bonchev–Trinajstić information content (AvgIpc) is 2.80. The maximum Gasteiger partial charge on any atom is 0.0596 e. The predicted octanol–water partition coefficient (Wildman–Crippen LogP) is 2.95. The van der Waals surface area contributed by atoms with E-state index in [-0.39, 0.29) is 0 Å². The molecule has 0 aromatic carbocycles. The maximum absolute atomic E-state index is 4.62. The van der Waals surface area contributed by atoms with Crippen LogP contribution in [-0.2, 0) is 13.1 Å². The van der Waals surface area contributed by atoms with Gasteiger partial charge in [-0.1, -0.05) is 12.5 Å². The van der Waals surface area contributed by atoms with Gasteiger partial charge in [-0.15, -0.1) is 0 Å². The molecule has 1 saturated heterocycles. The Kier molecular flexibility index (Phi) is 4.34. The molecule has 112 valence electrons. The molecule has 0 spiro atoms. The Morgan fingerprint density at radius 2 is 2.14 bits per heavy atom. The zero-order valence-corrected chi connectivity index (χ0v) is 13.0. The Morgan fingerprint density at radius 3 is 2.86 bits per heavy atom. The molecule has 1 atom stereocenters. The van der Waals surface area contributed by atoms with Gasteiger partial charge in [-0.3, -0.25) is 14.6 Å². The number of aromatic nitrogens is 3. The summed E-state index contributed by atoms with van der Waals surface area (Å²) in [6.45, 7) is 7.32. The van der Waals surface area contributed by atoms with E-state index < -0.39 is 0 Å². The fourth-order valence-corrected chi connectivity index (χ4v) is 3.23. The van der Waals surface area contributed by atoms with E-state index in [0.29, 0.717) is 6.04 Å². The van der Waals surface area contributed by atoms with Gasteiger partial charge in [-0.2, -0.15) is 5.10 Å². The largest absolute Gasteiger partial charge is 0.293 e. The van der Waals surface area contributed by atoms with Crippen molar-refractivity contribution in [2.45, 2.75) is 52.2 Å². The molecule has 4 nitrogen and oxygen atoms in total. The highest BCUT2D eigenvalue weighted by Gasteiger charge is 2.23. The fourth-order valence-electron chi connectivity index (χ4n) is 3.23. The third-order valence-corrected chi connectivity index (χ3v) is 4.33. The summed E-state index contributed by atoms with van der Waals surface area (Å²) in [7, 11) is 0. The van der Waals surface area contributed by atoms with Crippen molar-refractivity contribution in [2.24, 2.45) is 0 Å². The average molecular weight is 284 g/mol. The summed E-state index contributed by atoms with van der Waals surface area (Å²) in [6.07, 6.45) is 5.75. The summed E-state index contributed by atoms with van der Waals surface area (Å²) in [5.41, 5.74) is 3.54. The van der Waals surface area contributed by atoms with E-state index in [9.17, 15) is 0 Å². The van der Waals surface area contributed by atoms with Crippen molar-refractivity contribution in [3.63, 3.8) is 0 Å². The monoisotopic (exact) mass is 284 g/mol. The molecule has 1 aliphatic heterocycles. The summed E-state index contributed by atoms with van der Waals surface area (Å²) >= 11 is 0. The zero-order chi connectivity index (χ0) is 14.7. The topological polar surface area (TPSA) is 34.0 Å².